The highest BCUT2D eigenvalue weighted by molar-refractivity contribution is 7.86. The topological polar surface area (TPSA) is 69.7 Å². The number of amides is 1. The fourth-order valence-electron chi connectivity index (χ4n) is 3.63. The van der Waals surface area contributed by atoms with Gasteiger partial charge in [0, 0.05) is 33.1 Å². The highest BCUT2D eigenvalue weighted by atomic mass is 32.2. The van der Waals surface area contributed by atoms with Crippen LogP contribution in [0.5, 0.6) is 0 Å². The molecule has 0 spiro atoms. The molecule has 152 valence electrons. The largest absolute Gasteiger partial charge is 0.349 e. The van der Waals surface area contributed by atoms with Gasteiger partial charge in [-0.25, -0.2) is 0 Å². The van der Waals surface area contributed by atoms with Crippen molar-refractivity contribution in [2.45, 2.75) is 46.6 Å². The Kier molecular flexibility index (Phi) is 7.05. The van der Waals surface area contributed by atoms with Gasteiger partial charge in [0.1, 0.15) is 0 Å². The standard InChI is InChI=1S/C20H33N3O3S/c1-14(2)19(18-8-7-15(3)13-16(18)4)21-20(24)17-9-11-23(12-10-17)27(25,26)22(5)6/h7-8,13-14,17,19H,9-12H2,1-6H3,(H,21,24). The minimum absolute atomic E-state index is 0.0237. The average Bonchev–Trinajstić information content (AvgIpc) is 2.59. The zero-order valence-corrected chi connectivity index (χ0v) is 18.1. The van der Waals surface area contributed by atoms with Crippen LogP contribution >= 0.6 is 0 Å². The SMILES string of the molecule is Cc1ccc(C(NC(=O)C2CCN(S(=O)(=O)N(C)C)CC2)C(C)C)c(C)c1. The van der Waals surface area contributed by atoms with Gasteiger partial charge in [-0.15, -0.1) is 0 Å². The normalized spacial score (nSPS) is 18.1. The molecule has 1 aliphatic rings. The first-order valence-corrected chi connectivity index (χ1v) is 11.0. The van der Waals surface area contributed by atoms with Crippen molar-refractivity contribution in [3.8, 4) is 0 Å². The molecule has 1 N–H and O–H groups in total. The van der Waals surface area contributed by atoms with Gasteiger partial charge in [0.05, 0.1) is 6.04 Å². The summed E-state index contributed by atoms with van der Waals surface area (Å²) in [6.45, 7) is 9.12. The summed E-state index contributed by atoms with van der Waals surface area (Å²) in [4.78, 5) is 12.9. The number of carbonyl (C=O) groups is 1. The molecule has 1 aliphatic heterocycles. The Morgan fingerprint density at radius 2 is 1.78 bits per heavy atom. The molecule has 0 aromatic heterocycles. The van der Waals surface area contributed by atoms with Gasteiger partial charge in [0.15, 0.2) is 0 Å². The van der Waals surface area contributed by atoms with E-state index < -0.39 is 10.2 Å². The molecule has 6 nitrogen and oxygen atoms in total. The Bertz CT molecular complexity index is 767. The molecule has 1 atom stereocenters. The second-order valence-corrected chi connectivity index (χ2v) is 10.2. The molecule has 1 saturated heterocycles. The lowest BCUT2D eigenvalue weighted by molar-refractivity contribution is -0.127. The molecular weight excluding hydrogens is 362 g/mol. The number of benzene rings is 1. The fourth-order valence-corrected chi connectivity index (χ4v) is 4.76. The van der Waals surface area contributed by atoms with Crippen molar-refractivity contribution in [1.82, 2.24) is 13.9 Å². The molecule has 0 saturated carbocycles. The van der Waals surface area contributed by atoms with E-state index >= 15 is 0 Å². The van der Waals surface area contributed by atoms with Crippen LogP contribution in [0.2, 0.25) is 0 Å². The van der Waals surface area contributed by atoms with E-state index in [1.54, 1.807) is 0 Å². The van der Waals surface area contributed by atoms with E-state index in [1.165, 1.54) is 33.8 Å². The van der Waals surface area contributed by atoms with Crippen LogP contribution in [0, 0.1) is 25.7 Å². The molecule has 0 radical (unpaired) electrons. The summed E-state index contributed by atoms with van der Waals surface area (Å²) in [5, 5.41) is 3.22. The number of nitrogens with one attached hydrogen (secondary N) is 1. The first-order valence-electron chi connectivity index (χ1n) is 9.59. The second-order valence-electron chi connectivity index (χ2n) is 8.05. The van der Waals surface area contributed by atoms with Gasteiger partial charge >= 0.3 is 0 Å². The zero-order valence-electron chi connectivity index (χ0n) is 17.3. The van der Waals surface area contributed by atoms with E-state index in [0.29, 0.717) is 25.9 Å². The van der Waals surface area contributed by atoms with Crippen LogP contribution < -0.4 is 5.32 Å². The van der Waals surface area contributed by atoms with E-state index in [2.05, 4.69) is 51.2 Å². The summed E-state index contributed by atoms with van der Waals surface area (Å²) in [7, 11) is -0.337. The van der Waals surface area contributed by atoms with Crippen LogP contribution in [-0.4, -0.2) is 50.1 Å². The quantitative estimate of drug-likeness (QED) is 0.805. The lowest BCUT2D eigenvalue weighted by Gasteiger charge is -2.33. The van der Waals surface area contributed by atoms with E-state index in [0.717, 1.165) is 5.56 Å². The maximum Gasteiger partial charge on any atom is 0.281 e. The van der Waals surface area contributed by atoms with Crippen LogP contribution in [0.25, 0.3) is 0 Å². The van der Waals surface area contributed by atoms with Crippen molar-refractivity contribution in [2.75, 3.05) is 27.2 Å². The molecule has 0 aliphatic carbocycles. The molecular formula is C20H33N3O3S. The van der Waals surface area contributed by atoms with Gasteiger partial charge in [0.25, 0.3) is 10.2 Å². The predicted octanol–water partition coefficient (Wildman–Crippen LogP) is 2.64. The summed E-state index contributed by atoms with van der Waals surface area (Å²) in [5.74, 6) is 0.144. The number of rotatable bonds is 6. The van der Waals surface area contributed by atoms with Crippen LogP contribution in [0.4, 0.5) is 0 Å². The van der Waals surface area contributed by atoms with Crippen molar-refractivity contribution in [3.63, 3.8) is 0 Å². The lowest BCUT2D eigenvalue weighted by atomic mass is 9.90. The maximum absolute atomic E-state index is 12.9. The summed E-state index contributed by atoms with van der Waals surface area (Å²) >= 11 is 0. The van der Waals surface area contributed by atoms with Gasteiger partial charge < -0.3 is 5.32 Å². The van der Waals surface area contributed by atoms with Crippen molar-refractivity contribution >= 4 is 16.1 Å². The molecule has 1 fully saturated rings. The van der Waals surface area contributed by atoms with Gasteiger partial charge in [-0.1, -0.05) is 37.6 Å². The second kappa shape index (κ2) is 8.71. The molecule has 1 amide bonds. The first-order chi connectivity index (χ1) is 12.5. The molecule has 2 rings (SSSR count). The predicted molar refractivity (Wildman–Crippen MR) is 109 cm³/mol. The van der Waals surface area contributed by atoms with Gasteiger partial charge in [-0.2, -0.15) is 17.0 Å². The number of hydrogen-bond donors (Lipinski definition) is 1. The maximum atomic E-state index is 12.9. The minimum Gasteiger partial charge on any atom is -0.349 e. The number of carbonyl (C=O) groups excluding carboxylic acids is 1. The van der Waals surface area contributed by atoms with Gasteiger partial charge in [-0.3, -0.25) is 4.79 Å². The number of nitrogens with zero attached hydrogens (tertiary/aromatic N) is 2. The zero-order chi connectivity index (χ0) is 20.4. The van der Waals surface area contributed by atoms with Crippen LogP contribution in [0.3, 0.4) is 0 Å². The summed E-state index contributed by atoms with van der Waals surface area (Å²) < 4.78 is 27.1. The van der Waals surface area contributed by atoms with Crippen LogP contribution in [0.1, 0.15) is 49.4 Å². The van der Waals surface area contributed by atoms with Gasteiger partial charge in [-0.05, 0) is 43.7 Å². The van der Waals surface area contributed by atoms with Crippen molar-refractivity contribution in [3.05, 3.63) is 34.9 Å². The monoisotopic (exact) mass is 395 g/mol. The Balaban J connectivity index is 2.05. The third-order valence-electron chi connectivity index (χ3n) is 5.34. The number of piperidine rings is 1. The molecule has 7 heteroatoms. The summed E-state index contributed by atoms with van der Waals surface area (Å²) in [6.07, 6.45) is 1.10. The molecule has 1 aromatic carbocycles. The Morgan fingerprint density at radius 1 is 1.19 bits per heavy atom. The Morgan fingerprint density at radius 3 is 2.26 bits per heavy atom. The van der Waals surface area contributed by atoms with Gasteiger partial charge in [0.2, 0.25) is 5.91 Å². The smallest absolute Gasteiger partial charge is 0.281 e. The van der Waals surface area contributed by atoms with Crippen LogP contribution in [-0.2, 0) is 15.0 Å². The molecule has 27 heavy (non-hydrogen) atoms. The Labute approximate surface area is 164 Å². The van der Waals surface area contributed by atoms with Crippen molar-refractivity contribution < 1.29 is 13.2 Å². The van der Waals surface area contributed by atoms with Crippen molar-refractivity contribution in [2.24, 2.45) is 11.8 Å². The van der Waals surface area contributed by atoms with Crippen LogP contribution in [0.15, 0.2) is 18.2 Å². The third kappa shape index (κ3) is 5.09. The van der Waals surface area contributed by atoms with Crippen molar-refractivity contribution in [1.29, 1.82) is 0 Å². The van der Waals surface area contributed by atoms with E-state index in [1.807, 2.05) is 0 Å². The summed E-state index contributed by atoms with van der Waals surface area (Å²) in [6, 6.07) is 6.28. The average molecular weight is 396 g/mol. The highest BCUT2D eigenvalue weighted by Crippen LogP contribution is 2.27. The number of aryl methyl sites for hydroxylation is 2. The van der Waals surface area contributed by atoms with E-state index in [4.69, 9.17) is 0 Å². The molecule has 1 aromatic rings. The number of hydrogen-bond acceptors (Lipinski definition) is 3. The summed E-state index contributed by atoms with van der Waals surface area (Å²) in [5.41, 5.74) is 3.54. The molecule has 1 heterocycles. The van der Waals surface area contributed by atoms with E-state index in [9.17, 15) is 13.2 Å². The highest BCUT2D eigenvalue weighted by Gasteiger charge is 2.33. The molecule has 1 unspecified atom stereocenters. The molecule has 0 bridgehead atoms. The van der Waals surface area contributed by atoms with E-state index in [-0.39, 0.29) is 23.8 Å². The Hall–Kier alpha value is -1.44. The fraction of sp³-hybridized carbons (Fsp3) is 0.650. The minimum atomic E-state index is -3.40. The third-order valence-corrected chi connectivity index (χ3v) is 7.28. The first kappa shape index (κ1) is 21.9. The lowest BCUT2D eigenvalue weighted by Crippen LogP contribution is -2.47.